The van der Waals surface area contributed by atoms with Crippen molar-refractivity contribution in [2.75, 3.05) is 30.8 Å². The van der Waals surface area contributed by atoms with E-state index in [1.165, 1.54) is 0 Å². The summed E-state index contributed by atoms with van der Waals surface area (Å²) >= 11 is 0. The van der Waals surface area contributed by atoms with E-state index in [2.05, 4.69) is 25.6 Å². The number of anilines is 3. The van der Waals surface area contributed by atoms with Gasteiger partial charge in [-0.2, -0.15) is 9.97 Å². The first kappa shape index (κ1) is 22.9. The van der Waals surface area contributed by atoms with Gasteiger partial charge < -0.3 is 25.0 Å². The summed E-state index contributed by atoms with van der Waals surface area (Å²) in [6, 6.07) is 1.49. The molecule has 3 heterocycles. The third-order valence-corrected chi connectivity index (χ3v) is 8.26. The number of hydrogen-bond donors (Lipinski definition) is 3. The molecule has 0 spiro atoms. The molecule has 5 fully saturated rings. The number of halogens is 2. The number of aliphatic hydroxyl groups is 1. The second kappa shape index (κ2) is 8.26. The average Bonchev–Trinajstić information content (AvgIpc) is 3.28. The quantitative estimate of drug-likeness (QED) is 0.546. The Kier molecular flexibility index (Phi) is 5.41. The Morgan fingerprint density at radius 1 is 1.11 bits per heavy atom. The van der Waals surface area contributed by atoms with Crippen LogP contribution in [0.5, 0.6) is 5.88 Å². The lowest BCUT2D eigenvalue weighted by Crippen LogP contribution is -2.59. The van der Waals surface area contributed by atoms with E-state index >= 15 is 0 Å². The number of aromatic nitrogens is 4. The van der Waals surface area contributed by atoms with E-state index in [4.69, 9.17) is 4.74 Å². The Bertz CT molecular complexity index is 1080. The molecule has 3 atom stereocenters. The van der Waals surface area contributed by atoms with Gasteiger partial charge in [0, 0.05) is 37.8 Å². The number of likely N-dealkylation sites (N-methyl/N-ethyl adjacent to an activating group) is 1. The smallest absolute Gasteiger partial charge is 0.262 e. The van der Waals surface area contributed by atoms with E-state index in [-0.39, 0.29) is 31.7 Å². The number of ether oxygens (including phenoxy) is 1. The second-order valence-corrected chi connectivity index (χ2v) is 11.3. The molecule has 0 amide bonds. The fourth-order valence-electron chi connectivity index (χ4n) is 7.03. The molecule has 2 unspecified atom stereocenters. The molecule has 11 heteroatoms. The van der Waals surface area contributed by atoms with Gasteiger partial charge >= 0.3 is 0 Å². The van der Waals surface area contributed by atoms with Gasteiger partial charge in [-0.15, -0.1) is 0 Å². The predicted molar refractivity (Wildman–Crippen MR) is 126 cm³/mol. The van der Waals surface area contributed by atoms with Gasteiger partial charge in [-0.05, 0) is 56.9 Å². The highest BCUT2D eigenvalue weighted by molar-refractivity contribution is 5.54. The molecule has 0 aromatic carbocycles. The van der Waals surface area contributed by atoms with Gasteiger partial charge in [0.1, 0.15) is 18.2 Å². The summed E-state index contributed by atoms with van der Waals surface area (Å²) in [7, 11) is 3.57. The summed E-state index contributed by atoms with van der Waals surface area (Å²) in [6.45, 7) is -0.142. The first-order valence-electron chi connectivity index (χ1n) is 12.5. The minimum absolute atomic E-state index is 0.120. The van der Waals surface area contributed by atoms with E-state index < -0.39 is 11.5 Å². The van der Waals surface area contributed by atoms with Gasteiger partial charge in [-0.25, -0.2) is 13.8 Å². The van der Waals surface area contributed by atoms with Crippen LogP contribution in [-0.4, -0.2) is 73.3 Å². The highest BCUT2D eigenvalue weighted by Gasteiger charge is 2.55. The lowest BCUT2D eigenvalue weighted by Gasteiger charge is -2.58. The molecule has 4 bridgehead atoms. The van der Waals surface area contributed by atoms with Crippen LogP contribution in [-0.2, 0) is 7.05 Å². The number of aryl methyl sites for hydroxylation is 1. The Morgan fingerprint density at radius 2 is 1.89 bits per heavy atom. The summed E-state index contributed by atoms with van der Waals surface area (Å²) in [5.74, 6) is 0.605. The monoisotopic (exact) mass is 489 g/mol. The minimum Gasteiger partial charge on any atom is -0.476 e. The lowest BCUT2D eigenvalue weighted by atomic mass is 9.52. The molecule has 9 nitrogen and oxygen atoms in total. The van der Waals surface area contributed by atoms with Crippen LogP contribution in [0.2, 0.25) is 0 Å². The first-order valence-corrected chi connectivity index (χ1v) is 12.5. The van der Waals surface area contributed by atoms with E-state index in [1.54, 1.807) is 24.3 Å². The molecule has 2 aromatic heterocycles. The van der Waals surface area contributed by atoms with Crippen LogP contribution in [0.4, 0.5) is 26.4 Å². The van der Waals surface area contributed by atoms with Crippen molar-refractivity contribution in [1.82, 2.24) is 24.4 Å². The van der Waals surface area contributed by atoms with Gasteiger partial charge in [-0.1, -0.05) is 0 Å². The van der Waals surface area contributed by atoms with Crippen molar-refractivity contribution in [2.45, 2.75) is 62.1 Å². The summed E-state index contributed by atoms with van der Waals surface area (Å²) in [6.07, 6.45) is 8.10. The molecule has 2 aromatic rings. The van der Waals surface area contributed by atoms with E-state index in [0.29, 0.717) is 41.2 Å². The predicted octanol–water partition coefficient (Wildman–Crippen LogP) is 3.02. The topological polar surface area (TPSA) is 100 Å². The maximum absolute atomic E-state index is 13.8. The van der Waals surface area contributed by atoms with Gasteiger partial charge in [0.2, 0.25) is 11.8 Å². The molecule has 0 radical (unpaired) electrons. The number of alkyl halides is 2. The molecule has 1 saturated heterocycles. The van der Waals surface area contributed by atoms with Crippen molar-refractivity contribution in [2.24, 2.45) is 24.8 Å². The number of nitrogens with zero attached hydrogens (tertiary/aromatic N) is 5. The van der Waals surface area contributed by atoms with Crippen LogP contribution >= 0.6 is 0 Å². The zero-order valence-electron chi connectivity index (χ0n) is 20.1. The number of rotatable bonds is 7. The third kappa shape index (κ3) is 4.67. The maximum atomic E-state index is 13.8. The largest absolute Gasteiger partial charge is 0.476 e. The van der Waals surface area contributed by atoms with E-state index in [9.17, 15) is 13.9 Å². The van der Waals surface area contributed by atoms with Crippen LogP contribution in [0.1, 0.15) is 38.5 Å². The zero-order chi connectivity index (χ0) is 24.4. The molecule has 5 aliphatic rings. The Morgan fingerprint density at radius 3 is 2.51 bits per heavy atom. The SMILES string of the molecule is CN1CC(F)(F)C[C@H]1COc1cc(Nc2cn(C)cn2)nc(NC2C3CC4CC2CC(O)(C4)C3)n1. The Balaban J connectivity index is 1.22. The van der Waals surface area contributed by atoms with Gasteiger partial charge in [0.25, 0.3) is 5.92 Å². The number of likely N-dealkylation sites (tertiary alicyclic amines) is 1. The highest BCUT2D eigenvalue weighted by Crippen LogP contribution is 2.56. The normalized spacial score (nSPS) is 35.4. The highest BCUT2D eigenvalue weighted by atomic mass is 19.3. The second-order valence-electron chi connectivity index (χ2n) is 11.3. The van der Waals surface area contributed by atoms with Crippen LogP contribution in [0.3, 0.4) is 0 Å². The van der Waals surface area contributed by atoms with Gasteiger partial charge in [-0.3, -0.25) is 4.90 Å². The summed E-state index contributed by atoms with van der Waals surface area (Å²) < 4.78 is 35.4. The van der Waals surface area contributed by atoms with Crippen LogP contribution in [0.25, 0.3) is 0 Å². The first-order chi connectivity index (χ1) is 16.6. The van der Waals surface area contributed by atoms with Crippen molar-refractivity contribution < 1.29 is 18.6 Å². The molecule has 3 N–H and O–H groups in total. The molecule has 4 aliphatic carbocycles. The van der Waals surface area contributed by atoms with E-state index in [0.717, 1.165) is 32.1 Å². The Hall–Kier alpha value is -2.53. The number of nitrogens with one attached hydrogen (secondary N) is 2. The lowest BCUT2D eigenvalue weighted by molar-refractivity contribution is -0.129. The molecule has 1 aliphatic heterocycles. The summed E-state index contributed by atoms with van der Waals surface area (Å²) in [5, 5.41) is 17.7. The van der Waals surface area contributed by atoms with Crippen LogP contribution in [0, 0.1) is 17.8 Å². The maximum Gasteiger partial charge on any atom is 0.262 e. The molecule has 190 valence electrons. The summed E-state index contributed by atoms with van der Waals surface area (Å²) in [4.78, 5) is 15.2. The van der Waals surface area contributed by atoms with Crippen molar-refractivity contribution in [1.29, 1.82) is 0 Å². The zero-order valence-corrected chi connectivity index (χ0v) is 20.1. The molecular formula is C24H33F2N7O2. The van der Waals surface area contributed by atoms with Crippen molar-refractivity contribution in [3.05, 3.63) is 18.6 Å². The standard InChI is InChI=1S/C24H33F2N7O2/c1-32-10-19(27-13-32)28-18-5-20(35-11-17-9-24(25,26)12-33(17)2)30-22(29-18)31-21-15-3-14-4-16(21)8-23(34,6-14)7-15/h5,10,13-17,21,34H,3-4,6-9,11-12H2,1-2H3,(H2,28,29,30,31)/t14?,15?,16?,17-,21?,23?/m0/s1. The number of imidazole rings is 1. The molecular weight excluding hydrogens is 456 g/mol. The van der Waals surface area contributed by atoms with Crippen molar-refractivity contribution in [3.63, 3.8) is 0 Å². The minimum atomic E-state index is -2.70. The molecule has 35 heavy (non-hydrogen) atoms. The van der Waals surface area contributed by atoms with Gasteiger partial charge in [0.15, 0.2) is 0 Å². The van der Waals surface area contributed by atoms with Crippen LogP contribution in [0.15, 0.2) is 18.6 Å². The fraction of sp³-hybridized carbons (Fsp3) is 0.708. The molecule has 7 rings (SSSR count). The third-order valence-electron chi connectivity index (χ3n) is 8.26. The average molecular weight is 490 g/mol. The number of hydrogen-bond acceptors (Lipinski definition) is 8. The van der Waals surface area contributed by atoms with Gasteiger partial charge in [0.05, 0.1) is 18.5 Å². The molecule has 4 saturated carbocycles. The van der Waals surface area contributed by atoms with Crippen molar-refractivity contribution >= 4 is 17.6 Å². The Labute approximate surface area is 203 Å². The summed E-state index contributed by atoms with van der Waals surface area (Å²) in [5.41, 5.74) is -0.512. The van der Waals surface area contributed by atoms with Crippen molar-refractivity contribution in [3.8, 4) is 5.88 Å². The van der Waals surface area contributed by atoms with E-state index in [1.807, 2.05) is 17.8 Å². The fourth-order valence-corrected chi connectivity index (χ4v) is 7.03. The van der Waals surface area contributed by atoms with Crippen LogP contribution < -0.4 is 15.4 Å².